The van der Waals surface area contributed by atoms with Gasteiger partial charge >= 0.3 is 0 Å². The third-order valence-electron chi connectivity index (χ3n) is 2.81. The maximum absolute atomic E-state index is 5.46. The van der Waals surface area contributed by atoms with Crippen molar-refractivity contribution in [2.24, 2.45) is 5.92 Å². The Balaban J connectivity index is 3.76. The Morgan fingerprint density at radius 3 is 1.93 bits per heavy atom. The van der Waals surface area contributed by atoms with Gasteiger partial charge < -0.3 is 14.8 Å². The van der Waals surface area contributed by atoms with Gasteiger partial charge in [-0.25, -0.2) is 0 Å². The van der Waals surface area contributed by atoms with E-state index < -0.39 is 0 Å². The minimum atomic E-state index is -0.105. The Kier molecular flexibility index (Phi) is 9.06. The zero-order chi connectivity index (χ0) is 11.7. The molecule has 0 fully saturated rings. The lowest BCUT2D eigenvalue weighted by Crippen LogP contribution is -2.39. The van der Waals surface area contributed by atoms with Crippen LogP contribution in [0, 0.1) is 5.92 Å². The summed E-state index contributed by atoms with van der Waals surface area (Å²) in [6, 6.07) is 0.512. The van der Waals surface area contributed by atoms with Gasteiger partial charge in [-0.05, 0) is 26.7 Å². The van der Waals surface area contributed by atoms with Crippen LogP contribution in [0.1, 0.15) is 41.0 Å². The number of hydrogen-bond acceptors (Lipinski definition) is 3. The summed E-state index contributed by atoms with van der Waals surface area (Å²) in [6.45, 7) is 12.8. The maximum atomic E-state index is 5.46. The van der Waals surface area contributed by atoms with Gasteiger partial charge in [-0.2, -0.15) is 0 Å². The van der Waals surface area contributed by atoms with Gasteiger partial charge in [0.05, 0.1) is 0 Å². The van der Waals surface area contributed by atoms with Crippen LogP contribution in [0.4, 0.5) is 0 Å². The summed E-state index contributed by atoms with van der Waals surface area (Å²) in [7, 11) is 0. The predicted octanol–water partition coefficient (Wildman–Crippen LogP) is 2.41. The largest absolute Gasteiger partial charge is 0.352 e. The number of hydrogen-bond donors (Lipinski definition) is 1. The monoisotopic (exact) mass is 217 g/mol. The quantitative estimate of drug-likeness (QED) is 0.602. The fourth-order valence-corrected chi connectivity index (χ4v) is 1.37. The predicted molar refractivity (Wildman–Crippen MR) is 64.0 cm³/mol. The van der Waals surface area contributed by atoms with E-state index in [0.717, 1.165) is 6.54 Å². The molecule has 0 aromatic rings. The summed E-state index contributed by atoms with van der Waals surface area (Å²) in [4.78, 5) is 0. The standard InChI is InChI=1S/C12H27NO2/c1-6-10(4)11(5)13-9-12(14-7-2)15-8-3/h10-13H,6-9H2,1-5H3/t10-,11-/m0/s1. The Morgan fingerprint density at radius 1 is 1.00 bits per heavy atom. The van der Waals surface area contributed by atoms with Gasteiger partial charge in [-0.1, -0.05) is 20.3 Å². The summed E-state index contributed by atoms with van der Waals surface area (Å²) < 4.78 is 10.9. The Hall–Kier alpha value is -0.120. The summed E-state index contributed by atoms with van der Waals surface area (Å²) in [5.41, 5.74) is 0. The van der Waals surface area contributed by atoms with Gasteiger partial charge in [0.15, 0.2) is 6.29 Å². The third kappa shape index (κ3) is 6.88. The Morgan fingerprint density at radius 2 is 1.53 bits per heavy atom. The highest BCUT2D eigenvalue weighted by Crippen LogP contribution is 2.06. The highest BCUT2D eigenvalue weighted by molar-refractivity contribution is 4.67. The van der Waals surface area contributed by atoms with E-state index in [1.807, 2.05) is 13.8 Å². The molecule has 0 heterocycles. The Bertz CT molecular complexity index is 136. The molecule has 0 saturated carbocycles. The lowest BCUT2D eigenvalue weighted by Gasteiger charge is -2.23. The minimum absolute atomic E-state index is 0.105. The molecule has 3 heteroatoms. The highest BCUT2D eigenvalue weighted by Gasteiger charge is 2.13. The van der Waals surface area contributed by atoms with Gasteiger partial charge in [0, 0.05) is 25.8 Å². The van der Waals surface area contributed by atoms with Gasteiger partial charge in [-0.3, -0.25) is 0 Å². The van der Waals surface area contributed by atoms with Crippen LogP contribution in [0.15, 0.2) is 0 Å². The van der Waals surface area contributed by atoms with Crippen molar-refractivity contribution in [2.45, 2.75) is 53.4 Å². The van der Waals surface area contributed by atoms with Crippen LogP contribution in [-0.2, 0) is 9.47 Å². The zero-order valence-electron chi connectivity index (χ0n) is 10.9. The van der Waals surface area contributed by atoms with E-state index in [0.29, 0.717) is 25.2 Å². The maximum Gasteiger partial charge on any atom is 0.169 e. The second-order valence-corrected chi connectivity index (χ2v) is 3.92. The average Bonchev–Trinajstić information content (AvgIpc) is 2.25. The van der Waals surface area contributed by atoms with Gasteiger partial charge in [0.25, 0.3) is 0 Å². The van der Waals surface area contributed by atoms with Crippen molar-refractivity contribution in [3.05, 3.63) is 0 Å². The molecule has 0 saturated heterocycles. The van der Waals surface area contributed by atoms with Gasteiger partial charge in [0.2, 0.25) is 0 Å². The lowest BCUT2D eigenvalue weighted by atomic mass is 10.0. The van der Waals surface area contributed by atoms with E-state index >= 15 is 0 Å². The molecule has 0 aliphatic heterocycles. The average molecular weight is 217 g/mol. The van der Waals surface area contributed by atoms with E-state index in [4.69, 9.17) is 9.47 Å². The van der Waals surface area contributed by atoms with Crippen LogP contribution < -0.4 is 5.32 Å². The zero-order valence-corrected chi connectivity index (χ0v) is 10.9. The van der Waals surface area contributed by atoms with Gasteiger partial charge in [-0.15, -0.1) is 0 Å². The molecule has 2 atom stereocenters. The van der Waals surface area contributed by atoms with Crippen molar-refractivity contribution in [3.63, 3.8) is 0 Å². The minimum Gasteiger partial charge on any atom is -0.352 e. The summed E-state index contributed by atoms with van der Waals surface area (Å²) in [5, 5.41) is 3.45. The molecule has 0 rings (SSSR count). The fourth-order valence-electron chi connectivity index (χ4n) is 1.37. The second-order valence-electron chi connectivity index (χ2n) is 3.92. The molecule has 15 heavy (non-hydrogen) atoms. The molecule has 0 aliphatic carbocycles. The van der Waals surface area contributed by atoms with Crippen molar-refractivity contribution in [3.8, 4) is 0 Å². The van der Waals surface area contributed by atoms with Crippen LogP contribution >= 0.6 is 0 Å². The van der Waals surface area contributed by atoms with Crippen LogP contribution in [0.25, 0.3) is 0 Å². The number of rotatable bonds is 9. The summed E-state index contributed by atoms with van der Waals surface area (Å²) >= 11 is 0. The summed E-state index contributed by atoms with van der Waals surface area (Å²) in [5.74, 6) is 0.689. The van der Waals surface area contributed by atoms with Crippen molar-refractivity contribution in [1.82, 2.24) is 5.32 Å². The molecule has 0 amide bonds. The number of nitrogens with one attached hydrogen (secondary N) is 1. The van der Waals surface area contributed by atoms with Gasteiger partial charge in [0.1, 0.15) is 0 Å². The third-order valence-corrected chi connectivity index (χ3v) is 2.81. The Labute approximate surface area is 94.5 Å². The molecular weight excluding hydrogens is 190 g/mol. The first-order valence-corrected chi connectivity index (χ1v) is 6.12. The van der Waals surface area contributed by atoms with Crippen molar-refractivity contribution in [2.75, 3.05) is 19.8 Å². The first kappa shape index (κ1) is 14.9. The SMILES string of the molecule is CCOC(CN[C@@H](C)[C@@H](C)CC)OCC. The fraction of sp³-hybridized carbons (Fsp3) is 1.00. The normalized spacial score (nSPS) is 15.6. The molecule has 0 unspecified atom stereocenters. The van der Waals surface area contributed by atoms with E-state index in [2.05, 4.69) is 26.1 Å². The van der Waals surface area contributed by atoms with Crippen molar-refractivity contribution < 1.29 is 9.47 Å². The van der Waals surface area contributed by atoms with E-state index in [9.17, 15) is 0 Å². The molecule has 0 radical (unpaired) electrons. The van der Waals surface area contributed by atoms with Crippen molar-refractivity contribution >= 4 is 0 Å². The molecule has 0 aromatic carbocycles. The molecule has 0 aromatic heterocycles. The lowest BCUT2D eigenvalue weighted by molar-refractivity contribution is -0.134. The molecule has 0 aliphatic rings. The first-order chi connectivity index (χ1) is 7.15. The van der Waals surface area contributed by atoms with Crippen LogP contribution in [0.2, 0.25) is 0 Å². The van der Waals surface area contributed by atoms with E-state index in [-0.39, 0.29) is 6.29 Å². The first-order valence-electron chi connectivity index (χ1n) is 6.12. The summed E-state index contributed by atoms with van der Waals surface area (Å²) in [6.07, 6.45) is 1.09. The second kappa shape index (κ2) is 9.13. The molecule has 0 spiro atoms. The van der Waals surface area contributed by atoms with Crippen LogP contribution in [0.3, 0.4) is 0 Å². The van der Waals surface area contributed by atoms with Crippen molar-refractivity contribution in [1.29, 1.82) is 0 Å². The molecule has 3 nitrogen and oxygen atoms in total. The molecule has 1 N–H and O–H groups in total. The molecule has 92 valence electrons. The molecule has 0 bridgehead atoms. The van der Waals surface area contributed by atoms with E-state index in [1.54, 1.807) is 0 Å². The topological polar surface area (TPSA) is 30.5 Å². The molecular formula is C12H27NO2. The van der Waals surface area contributed by atoms with Crippen LogP contribution in [-0.4, -0.2) is 32.1 Å². The number of ether oxygens (including phenoxy) is 2. The highest BCUT2D eigenvalue weighted by atomic mass is 16.7. The van der Waals surface area contributed by atoms with E-state index in [1.165, 1.54) is 6.42 Å². The smallest absolute Gasteiger partial charge is 0.169 e. The van der Waals surface area contributed by atoms with Crippen LogP contribution in [0.5, 0.6) is 0 Å².